The van der Waals surface area contributed by atoms with Gasteiger partial charge in [0.15, 0.2) is 0 Å². The number of hydrogen-bond donors (Lipinski definition) is 2. The van der Waals surface area contributed by atoms with Crippen molar-refractivity contribution in [1.82, 2.24) is 10.3 Å². The van der Waals surface area contributed by atoms with Gasteiger partial charge < -0.3 is 11.1 Å². The summed E-state index contributed by atoms with van der Waals surface area (Å²) in [5, 5.41) is 4.73. The molecule has 0 aliphatic heterocycles. The molecule has 1 aromatic heterocycles. The SMILES string of the molecule is CNC(c1cnccc1N)c1ccc(F)c2ccccc12. The van der Waals surface area contributed by atoms with E-state index < -0.39 is 0 Å². The number of benzene rings is 2. The van der Waals surface area contributed by atoms with Crippen LogP contribution in [0, 0.1) is 5.82 Å². The molecule has 1 atom stereocenters. The van der Waals surface area contributed by atoms with Gasteiger partial charge in [-0.05, 0) is 30.1 Å². The Labute approximate surface area is 122 Å². The molecule has 0 saturated heterocycles. The molecule has 3 aromatic rings. The standard InChI is InChI=1S/C17H16FN3/c1-20-17(14-10-21-9-8-16(14)19)13-6-7-15(18)12-5-3-2-4-11(12)13/h2-10,17,20H,1H3,(H2,19,21). The van der Waals surface area contributed by atoms with Gasteiger partial charge in [-0.1, -0.05) is 30.3 Å². The zero-order chi connectivity index (χ0) is 14.8. The number of halogens is 1. The first-order chi connectivity index (χ1) is 10.2. The summed E-state index contributed by atoms with van der Waals surface area (Å²) in [5.74, 6) is -0.219. The van der Waals surface area contributed by atoms with Crippen LogP contribution in [0.1, 0.15) is 17.2 Å². The summed E-state index contributed by atoms with van der Waals surface area (Å²) in [6, 6.07) is 12.4. The number of nitrogen functional groups attached to an aromatic ring is 1. The minimum Gasteiger partial charge on any atom is -0.398 e. The van der Waals surface area contributed by atoms with Crippen molar-refractivity contribution in [2.75, 3.05) is 12.8 Å². The number of nitrogens with one attached hydrogen (secondary N) is 1. The van der Waals surface area contributed by atoms with Gasteiger partial charge in [-0.2, -0.15) is 0 Å². The third kappa shape index (κ3) is 2.34. The number of nitrogens with zero attached hydrogens (tertiary/aromatic N) is 1. The van der Waals surface area contributed by atoms with Gasteiger partial charge in [-0.25, -0.2) is 4.39 Å². The first-order valence-corrected chi connectivity index (χ1v) is 6.76. The average molecular weight is 281 g/mol. The molecule has 21 heavy (non-hydrogen) atoms. The Bertz CT molecular complexity index is 786. The quantitative estimate of drug-likeness (QED) is 0.774. The van der Waals surface area contributed by atoms with Crippen LogP contribution in [0.5, 0.6) is 0 Å². The molecule has 3 rings (SSSR count). The summed E-state index contributed by atoms with van der Waals surface area (Å²) in [5.41, 5.74) is 8.59. The van der Waals surface area contributed by atoms with Crippen molar-refractivity contribution in [1.29, 1.82) is 0 Å². The lowest BCUT2D eigenvalue weighted by atomic mass is 9.93. The van der Waals surface area contributed by atoms with Gasteiger partial charge in [0.2, 0.25) is 0 Å². The lowest BCUT2D eigenvalue weighted by Crippen LogP contribution is -2.19. The monoisotopic (exact) mass is 281 g/mol. The maximum atomic E-state index is 14.0. The number of hydrogen-bond acceptors (Lipinski definition) is 3. The van der Waals surface area contributed by atoms with Gasteiger partial charge in [-0.15, -0.1) is 0 Å². The van der Waals surface area contributed by atoms with Gasteiger partial charge >= 0.3 is 0 Å². The summed E-state index contributed by atoms with van der Waals surface area (Å²) in [6.07, 6.45) is 3.41. The largest absolute Gasteiger partial charge is 0.398 e. The predicted octanol–water partition coefficient (Wildman–Crippen LogP) is 3.26. The zero-order valence-corrected chi connectivity index (χ0v) is 11.7. The zero-order valence-electron chi connectivity index (χ0n) is 11.7. The highest BCUT2D eigenvalue weighted by molar-refractivity contribution is 5.87. The number of rotatable bonds is 3. The summed E-state index contributed by atoms with van der Waals surface area (Å²) >= 11 is 0. The highest BCUT2D eigenvalue weighted by atomic mass is 19.1. The maximum Gasteiger partial charge on any atom is 0.131 e. The molecule has 0 saturated carbocycles. The van der Waals surface area contributed by atoms with E-state index >= 15 is 0 Å². The van der Waals surface area contributed by atoms with E-state index in [0.29, 0.717) is 11.1 Å². The summed E-state index contributed by atoms with van der Waals surface area (Å²) in [7, 11) is 1.86. The smallest absolute Gasteiger partial charge is 0.131 e. The van der Waals surface area contributed by atoms with Crippen molar-refractivity contribution in [2.45, 2.75) is 6.04 Å². The van der Waals surface area contributed by atoms with Gasteiger partial charge in [-0.3, -0.25) is 4.98 Å². The van der Waals surface area contributed by atoms with Gasteiger partial charge in [0, 0.05) is 29.0 Å². The molecule has 4 heteroatoms. The van der Waals surface area contributed by atoms with Crippen molar-refractivity contribution >= 4 is 16.5 Å². The Morgan fingerprint density at radius 1 is 1.05 bits per heavy atom. The van der Waals surface area contributed by atoms with Crippen LogP contribution in [0.4, 0.5) is 10.1 Å². The fourth-order valence-corrected chi connectivity index (χ4v) is 2.67. The van der Waals surface area contributed by atoms with E-state index in [1.54, 1.807) is 30.6 Å². The van der Waals surface area contributed by atoms with Crippen LogP contribution in [0.3, 0.4) is 0 Å². The normalized spacial score (nSPS) is 12.5. The first kappa shape index (κ1) is 13.5. The van der Waals surface area contributed by atoms with Gasteiger partial charge in [0.05, 0.1) is 6.04 Å². The first-order valence-electron chi connectivity index (χ1n) is 6.76. The van der Waals surface area contributed by atoms with E-state index in [1.165, 1.54) is 6.07 Å². The van der Waals surface area contributed by atoms with Crippen LogP contribution in [0.25, 0.3) is 10.8 Å². The lowest BCUT2D eigenvalue weighted by Gasteiger charge is -2.20. The van der Waals surface area contributed by atoms with E-state index in [2.05, 4.69) is 10.3 Å². The molecule has 1 heterocycles. The molecular weight excluding hydrogens is 265 g/mol. The fourth-order valence-electron chi connectivity index (χ4n) is 2.67. The lowest BCUT2D eigenvalue weighted by molar-refractivity contribution is 0.637. The molecule has 1 unspecified atom stereocenters. The topological polar surface area (TPSA) is 50.9 Å². The summed E-state index contributed by atoms with van der Waals surface area (Å²) in [4.78, 5) is 4.14. The van der Waals surface area contributed by atoms with Crippen molar-refractivity contribution in [2.24, 2.45) is 0 Å². The molecule has 3 nitrogen and oxygen atoms in total. The second kappa shape index (κ2) is 5.50. The second-order valence-corrected chi connectivity index (χ2v) is 4.91. The highest BCUT2D eigenvalue weighted by Gasteiger charge is 2.18. The molecule has 0 radical (unpaired) electrons. The minimum atomic E-state index is -0.219. The molecule has 106 valence electrons. The third-order valence-electron chi connectivity index (χ3n) is 3.70. The number of anilines is 1. The minimum absolute atomic E-state index is 0.135. The Hall–Kier alpha value is -2.46. The third-order valence-corrected chi connectivity index (χ3v) is 3.70. The fraction of sp³-hybridized carbons (Fsp3) is 0.118. The molecule has 0 aliphatic carbocycles. The van der Waals surface area contributed by atoms with Crippen LogP contribution >= 0.6 is 0 Å². The van der Waals surface area contributed by atoms with Crippen molar-refractivity contribution in [3.05, 3.63) is 71.8 Å². The van der Waals surface area contributed by atoms with E-state index in [-0.39, 0.29) is 11.9 Å². The Kier molecular flexibility index (Phi) is 3.54. The molecule has 2 aromatic carbocycles. The Morgan fingerprint density at radius 2 is 1.81 bits per heavy atom. The second-order valence-electron chi connectivity index (χ2n) is 4.91. The van der Waals surface area contributed by atoms with Crippen LogP contribution in [-0.2, 0) is 0 Å². The van der Waals surface area contributed by atoms with Crippen molar-refractivity contribution in [3.8, 4) is 0 Å². The number of aromatic nitrogens is 1. The highest BCUT2D eigenvalue weighted by Crippen LogP contribution is 2.32. The van der Waals surface area contributed by atoms with E-state index in [4.69, 9.17) is 5.73 Å². The molecule has 0 aliphatic rings. The summed E-state index contributed by atoms with van der Waals surface area (Å²) in [6.45, 7) is 0. The maximum absolute atomic E-state index is 14.0. The van der Waals surface area contributed by atoms with Gasteiger partial charge in [0.25, 0.3) is 0 Å². The number of pyridine rings is 1. The predicted molar refractivity (Wildman–Crippen MR) is 83.5 cm³/mol. The average Bonchev–Trinajstić information content (AvgIpc) is 2.52. The molecular formula is C17H16FN3. The Balaban J connectivity index is 2.23. The van der Waals surface area contributed by atoms with Crippen LogP contribution < -0.4 is 11.1 Å². The molecule has 0 bridgehead atoms. The Morgan fingerprint density at radius 3 is 2.52 bits per heavy atom. The van der Waals surface area contributed by atoms with Gasteiger partial charge in [0.1, 0.15) is 5.82 Å². The van der Waals surface area contributed by atoms with Crippen LogP contribution in [-0.4, -0.2) is 12.0 Å². The number of nitrogens with two attached hydrogens (primary N) is 1. The molecule has 0 spiro atoms. The van der Waals surface area contributed by atoms with E-state index in [1.807, 2.05) is 25.2 Å². The molecule has 0 fully saturated rings. The molecule has 3 N–H and O–H groups in total. The van der Waals surface area contributed by atoms with E-state index in [9.17, 15) is 4.39 Å². The molecule has 0 amide bonds. The van der Waals surface area contributed by atoms with Crippen molar-refractivity contribution in [3.63, 3.8) is 0 Å². The van der Waals surface area contributed by atoms with E-state index in [0.717, 1.165) is 16.5 Å². The van der Waals surface area contributed by atoms with Crippen LogP contribution in [0.2, 0.25) is 0 Å². The van der Waals surface area contributed by atoms with Crippen LogP contribution in [0.15, 0.2) is 54.9 Å². The van der Waals surface area contributed by atoms with Crippen molar-refractivity contribution < 1.29 is 4.39 Å². The number of fused-ring (bicyclic) bond motifs is 1. The summed E-state index contributed by atoms with van der Waals surface area (Å²) < 4.78 is 14.0.